The van der Waals surface area contributed by atoms with Gasteiger partial charge in [0.2, 0.25) is 11.8 Å². The van der Waals surface area contributed by atoms with Gasteiger partial charge in [-0.3, -0.25) is 9.59 Å². The Hall–Kier alpha value is -2.34. The molecule has 0 bridgehead atoms. The fraction of sp³-hybridized carbons (Fsp3) is 0.500. The molecule has 1 aromatic heterocycles. The zero-order chi connectivity index (χ0) is 21.7. The molecule has 30 heavy (non-hydrogen) atoms. The van der Waals surface area contributed by atoms with Crippen LogP contribution in [-0.2, 0) is 16.0 Å². The fourth-order valence-electron chi connectivity index (χ4n) is 3.93. The molecular formula is C24H32N2O3S. The van der Waals surface area contributed by atoms with Crippen LogP contribution in [0.3, 0.4) is 0 Å². The second kappa shape index (κ2) is 10.1. The van der Waals surface area contributed by atoms with Gasteiger partial charge in [0, 0.05) is 24.4 Å². The Labute approximate surface area is 183 Å². The van der Waals surface area contributed by atoms with Crippen molar-refractivity contribution >= 4 is 23.2 Å². The van der Waals surface area contributed by atoms with Gasteiger partial charge in [0.05, 0.1) is 12.6 Å². The van der Waals surface area contributed by atoms with Gasteiger partial charge in [-0.2, -0.15) is 0 Å². The SMILES string of the molecule is CCC(=O)N(CC(=O)N1CCc2sccc2C1COc1ccccc1C)CC(C)C. The van der Waals surface area contributed by atoms with Crippen molar-refractivity contribution in [2.45, 2.75) is 46.6 Å². The molecule has 0 N–H and O–H groups in total. The predicted octanol–water partition coefficient (Wildman–Crippen LogP) is 4.46. The average Bonchev–Trinajstić information content (AvgIpc) is 3.20. The quantitative estimate of drug-likeness (QED) is 0.624. The molecule has 1 atom stereocenters. The summed E-state index contributed by atoms with van der Waals surface area (Å²) in [6.07, 6.45) is 1.26. The summed E-state index contributed by atoms with van der Waals surface area (Å²) in [5.74, 6) is 1.18. The Kier molecular flexibility index (Phi) is 7.53. The van der Waals surface area contributed by atoms with Crippen LogP contribution in [0.2, 0.25) is 0 Å². The minimum Gasteiger partial charge on any atom is -0.491 e. The number of carbonyl (C=O) groups excluding carboxylic acids is 2. The minimum absolute atomic E-state index is 0.00677. The van der Waals surface area contributed by atoms with Crippen molar-refractivity contribution in [1.82, 2.24) is 9.80 Å². The van der Waals surface area contributed by atoms with Crippen LogP contribution in [-0.4, -0.2) is 47.9 Å². The van der Waals surface area contributed by atoms with Gasteiger partial charge in [0.1, 0.15) is 12.4 Å². The highest BCUT2D eigenvalue weighted by Gasteiger charge is 2.33. The van der Waals surface area contributed by atoms with Crippen molar-refractivity contribution in [3.05, 3.63) is 51.7 Å². The monoisotopic (exact) mass is 428 g/mol. The lowest BCUT2D eigenvalue weighted by molar-refractivity contribution is -0.143. The van der Waals surface area contributed by atoms with Crippen LogP contribution < -0.4 is 4.74 Å². The molecule has 1 aliphatic heterocycles. The average molecular weight is 429 g/mol. The lowest BCUT2D eigenvalue weighted by Gasteiger charge is -2.37. The molecule has 0 saturated heterocycles. The molecule has 3 rings (SSSR count). The van der Waals surface area contributed by atoms with Gasteiger partial charge in [-0.1, -0.05) is 39.0 Å². The van der Waals surface area contributed by atoms with Gasteiger partial charge in [0.15, 0.2) is 0 Å². The fourth-order valence-corrected chi connectivity index (χ4v) is 4.86. The molecule has 2 amide bonds. The molecule has 0 fully saturated rings. The zero-order valence-corrected chi connectivity index (χ0v) is 19.2. The van der Waals surface area contributed by atoms with E-state index in [0.717, 1.165) is 17.7 Å². The number of benzene rings is 1. The maximum Gasteiger partial charge on any atom is 0.242 e. The van der Waals surface area contributed by atoms with Gasteiger partial charge in [-0.25, -0.2) is 0 Å². The predicted molar refractivity (Wildman–Crippen MR) is 121 cm³/mol. The van der Waals surface area contributed by atoms with Gasteiger partial charge >= 0.3 is 0 Å². The highest BCUT2D eigenvalue weighted by Crippen LogP contribution is 2.34. The summed E-state index contributed by atoms with van der Waals surface area (Å²) < 4.78 is 6.15. The number of hydrogen-bond acceptors (Lipinski definition) is 4. The Morgan fingerprint density at radius 2 is 2.03 bits per heavy atom. The Morgan fingerprint density at radius 3 is 2.73 bits per heavy atom. The third kappa shape index (κ3) is 5.22. The zero-order valence-electron chi connectivity index (χ0n) is 18.4. The standard InChI is InChI=1S/C24H32N2O3S/c1-5-23(27)25(14-17(2)3)15-24(28)26-12-10-22-19(11-13-30-22)20(26)16-29-21-9-7-6-8-18(21)4/h6-9,11,13,17,20H,5,10,12,14-16H2,1-4H3. The smallest absolute Gasteiger partial charge is 0.242 e. The van der Waals surface area contributed by atoms with Gasteiger partial charge in [-0.05, 0) is 47.9 Å². The number of ether oxygens (including phenoxy) is 1. The van der Waals surface area contributed by atoms with Crippen molar-refractivity contribution in [1.29, 1.82) is 0 Å². The number of nitrogens with zero attached hydrogens (tertiary/aromatic N) is 2. The summed E-state index contributed by atoms with van der Waals surface area (Å²) in [6.45, 7) is 9.80. The molecule has 0 radical (unpaired) electrons. The first kappa shape index (κ1) is 22.3. The van der Waals surface area contributed by atoms with Crippen LogP contribution in [0.5, 0.6) is 5.75 Å². The third-order valence-corrected chi connectivity index (χ3v) is 6.47. The summed E-state index contributed by atoms with van der Waals surface area (Å²) in [4.78, 5) is 30.6. The van der Waals surface area contributed by atoms with Crippen molar-refractivity contribution in [2.75, 3.05) is 26.2 Å². The molecule has 0 aliphatic carbocycles. The van der Waals surface area contributed by atoms with E-state index in [2.05, 4.69) is 25.3 Å². The molecule has 5 nitrogen and oxygen atoms in total. The number of thiophene rings is 1. The number of carbonyl (C=O) groups is 2. The second-order valence-corrected chi connectivity index (χ2v) is 9.25. The first-order valence-corrected chi connectivity index (χ1v) is 11.6. The summed E-state index contributed by atoms with van der Waals surface area (Å²) in [7, 11) is 0. The van der Waals surface area contributed by atoms with Gasteiger partial charge in [-0.15, -0.1) is 11.3 Å². The number of para-hydroxylation sites is 1. The molecule has 1 aliphatic rings. The Bertz CT molecular complexity index is 877. The molecule has 1 aromatic carbocycles. The minimum atomic E-state index is -0.135. The molecule has 1 unspecified atom stereocenters. The number of fused-ring (bicyclic) bond motifs is 1. The largest absolute Gasteiger partial charge is 0.491 e. The van der Waals surface area contributed by atoms with Crippen molar-refractivity contribution in [2.24, 2.45) is 5.92 Å². The second-order valence-electron chi connectivity index (χ2n) is 8.25. The highest BCUT2D eigenvalue weighted by molar-refractivity contribution is 7.10. The van der Waals surface area contributed by atoms with E-state index >= 15 is 0 Å². The first-order valence-electron chi connectivity index (χ1n) is 10.7. The Balaban J connectivity index is 1.78. The maximum absolute atomic E-state index is 13.3. The molecule has 2 heterocycles. The lowest BCUT2D eigenvalue weighted by Crippen LogP contribution is -2.48. The van der Waals surface area contributed by atoms with Crippen LogP contribution in [0.15, 0.2) is 35.7 Å². The summed E-state index contributed by atoms with van der Waals surface area (Å²) in [5.41, 5.74) is 2.25. The van der Waals surface area contributed by atoms with E-state index in [0.29, 0.717) is 32.0 Å². The van der Waals surface area contributed by atoms with Crippen LogP contribution in [0.1, 0.15) is 49.2 Å². The summed E-state index contributed by atoms with van der Waals surface area (Å²) in [6, 6.07) is 9.91. The molecule has 0 spiro atoms. The van der Waals surface area contributed by atoms with Crippen molar-refractivity contribution in [3.8, 4) is 5.75 Å². The van der Waals surface area contributed by atoms with Crippen LogP contribution in [0.4, 0.5) is 0 Å². The van der Waals surface area contributed by atoms with Crippen LogP contribution in [0, 0.1) is 12.8 Å². The molecule has 2 aromatic rings. The molecule has 0 saturated carbocycles. The van der Waals surface area contributed by atoms with E-state index in [9.17, 15) is 9.59 Å². The Morgan fingerprint density at radius 1 is 1.27 bits per heavy atom. The molecular weight excluding hydrogens is 396 g/mol. The highest BCUT2D eigenvalue weighted by atomic mass is 32.1. The maximum atomic E-state index is 13.3. The van der Waals surface area contributed by atoms with Crippen molar-refractivity contribution in [3.63, 3.8) is 0 Å². The van der Waals surface area contributed by atoms with E-state index < -0.39 is 0 Å². The number of rotatable bonds is 8. The number of aryl methyl sites for hydroxylation is 1. The van der Waals surface area contributed by atoms with E-state index in [1.807, 2.05) is 43.0 Å². The van der Waals surface area contributed by atoms with Crippen molar-refractivity contribution < 1.29 is 14.3 Å². The number of hydrogen-bond donors (Lipinski definition) is 0. The topological polar surface area (TPSA) is 49.9 Å². The van der Waals surface area contributed by atoms with E-state index in [-0.39, 0.29) is 24.4 Å². The number of amides is 2. The van der Waals surface area contributed by atoms with Gasteiger partial charge in [0.25, 0.3) is 0 Å². The molecule has 162 valence electrons. The summed E-state index contributed by atoms with van der Waals surface area (Å²) in [5, 5.41) is 2.09. The normalized spacial score (nSPS) is 15.8. The first-order chi connectivity index (χ1) is 14.4. The van der Waals surface area contributed by atoms with E-state index in [4.69, 9.17) is 4.74 Å². The van der Waals surface area contributed by atoms with E-state index in [1.54, 1.807) is 16.2 Å². The molecule has 6 heteroatoms. The summed E-state index contributed by atoms with van der Waals surface area (Å²) >= 11 is 1.74. The third-order valence-electron chi connectivity index (χ3n) is 5.47. The van der Waals surface area contributed by atoms with E-state index in [1.165, 1.54) is 10.4 Å². The van der Waals surface area contributed by atoms with Gasteiger partial charge < -0.3 is 14.5 Å². The lowest BCUT2D eigenvalue weighted by atomic mass is 10.00. The van der Waals surface area contributed by atoms with Crippen LogP contribution >= 0.6 is 11.3 Å². The van der Waals surface area contributed by atoms with Crippen LogP contribution in [0.25, 0.3) is 0 Å².